The van der Waals surface area contributed by atoms with Crippen LogP contribution in [0.4, 0.5) is 4.79 Å². The molecule has 0 aliphatic rings. The lowest BCUT2D eigenvalue weighted by atomic mass is 10.2. The van der Waals surface area contributed by atoms with Crippen molar-refractivity contribution in [2.45, 2.75) is 19.9 Å². The molecule has 0 spiro atoms. The molecule has 1 rings (SSSR count). The van der Waals surface area contributed by atoms with Crippen LogP contribution >= 0.6 is 0 Å². The van der Waals surface area contributed by atoms with E-state index >= 15 is 0 Å². The molecule has 20 heavy (non-hydrogen) atoms. The first-order valence-corrected chi connectivity index (χ1v) is 6.57. The maximum Gasteiger partial charge on any atom is 0.315 e. The third kappa shape index (κ3) is 5.60. The molecule has 110 valence electrons. The van der Waals surface area contributed by atoms with Crippen molar-refractivity contribution in [3.8, 4) is 5.75 Å². The minimum absolute atomic E-state index is 0.0300. The Hall–Kier alpha value is -2.24. The number of amides is 3. The number of rotatable bonds is 7. The Morgan fingerprint density at radius 2 is 1.90 bits per heavy atom. The number of para-hydroxylation sites is 1. The second-order valence-electron chi connectivity index (χ2n) is 4.20. The van der Waals surface area contributed by atoms with E-state index in [9.17, 15) is 9.59 Å². The van der Waals surface area contributed by atoms with Crippen LogP contribution in [0.25, 0.3) is 0 Å². The van der Waals surface area contributed by atoms with E-state index in [4.69, 9.17) is 4.74 Å². The smallest absolute Gasteiger partial charge is 0.315 e. The number of benzene rings is 1. The van der Waals surface area contributed by atoms with Crippen molar-refractivity contribution >= 4 is 11.9 Å². The van der Waals surface area contributed by atoms with Gasteiger partial charge in [0.25, 0.3) is 0 Å². The molecule has 1 aromatic rings. The second-order valence-corrected chi connectivity index (χ2v) is 4.20. The maximum absolute atomic E-state index is 11.6. The summed E-state index contributed by atoms with van der Waals surface area (Å²) in [6.45, 7) is 2.89. The lowest BCUT2D eigenvalue weighted by Gasteiger charge is -2.10. The topological polar surface area (TPSA) is 79.5 Å². The fourth-order valence-electron chi connectivity index (χ4n) is 1.57. The number of carbonyl (C=O) groups is 2. The van der Waals surface area contributed by atoms with Crippen LogP contribution in [-0.4, -0.2) is 32.1 Å². The predicted molar refractivity (Wildman–Crippen MR) is 76.5 cm³/mol. The molecular weight excluding hydrogens is 258 g/mol. The largest absolute Gasteiger partial charge is 0.496 e. The lowest BCUT2D eigenvalue weighted by molar-refractivity contribution is -0.120. The molecule has 0 heterocycles. The molecule has 0 aromatic heterocycles. The number of hydrogen-bond acceptors (Lipinski definition) is 3. The van der Waals surface area contributed by atoms with Crippen molar-refractivity contribution in [2.24, 2.45) is 0 Å². The van der Waals surface area contributed by atoms with E-state index in [1.807, 2.05) is 31.2 Å². The Morgan fingerprint density at radius 3 is 2.60 bits per heavy atom. The molecule has 0 atom stereocenters. The normalized spacial score (nSPS) is 9.70. The molecular formula is C14H21N3O3. The maximum atomic E-state index is 11.6. The van der Waals surface area contributed by atoms with Gasteiger partial charge in [-0.3, -0.25) is 4.79 Å². The van der Waals surface area contributed by atoms with Crippen LogP contribution in [0, 0.1) is 0 Å². The van der Waals surface area contributed by atoms with E-state index in [1.165, 1.54) is 0 Å². The van der Waals surface area contributed by atoms with Crippen molar-refractivity contribution in [1.29, 1.82) is 0 Å². The fourth-order valence-corrected chi connectivity index (χ4v) is 1.57. The Morgan fingerprint density at radius 1 is 1.15 bits per heavy atom. The van der Waals surface area contributed by atoms with Gasteiger partial charge in [0.1, 0.15) is 5.75 Å². The molecule has 0 saturated heterocycles. The summed E-state index contributed by atoms with van der Waals surface area (Å²) in [6.07, 6.45) is 0.867. The van der Waals surface area contributed by atoms with Gasteiger partial charge in [-0.25, -0.2) is 4.79 Å². The van der Waals surface area contributed by atoms with Crippen LogP contribution in [0.5, 0.6) is 5.75 Å². The Bertz CT molecular complexity index is 449. The van der Waals surface area contributed by atoms with E-state index in [2.05, 4.69) is 16.0 Å². The molecule has 0 bridgehead atoms. The Balaban J connectivity index is 2.31. The Kier molecular flexibility index (Phi) is 6.95. The summed E-state index contributed by atoms with van der Waals surface area (Å²) in [5, 5.41) is 7.85. The summed E-state index contributed by atoms with van der Waals surface area (Å²) >= 11 is 0. The average molecular weight is 279 g/mol. The molecule has 6 nitrogen and oxygen atoms in total. The summed E-state index contributed by atoms with van der Waals surface area (Å²) in [6, 6.07) is 7.04. The zero-order valence-corrected chi connectivity index (χ0v) is 11.9. The molecule has 6 heteroatoms. The van der Waals surface area contributed by atoms with E-state index < -0.39 is 0 Å². The number of urea groups is 1. The van der Waals surface area contributed by atoms with Gasteiger partial charge in [-0.2, -0.15) is 0 Å². The van der Waals surface area contributed by atoms with Gasteiger partial charge in [-0.05, 0) is 12.5 Å². The monoisotopic (exact) mass is 279 g/mol. The average Bonchev–Trinajstić information content (AvgIpc) is 2.48. The van der Waals surface area contributed by atoms with Crippen molar-refractivity contribution in [3.05, 3.63) is 29.8 Å². The van der Waals surface area contributed by atoms with Gasteiger partial charge in [-0.1, -0.05) is 25.1 Å². The lowest BCUT2D eigenvalue weighted by Crippen LogP contribution is -2.41. The van der Waals surface area contributed by atoms with Gasteiger partial charge in [0.15, 0.2) is 0 Å². The number of hydrogen-bond donors (Lipinski definition) is 3. The number of methoxy groups -OCH3 is 1. The van der Waals surface area contributed by atoms with Gasteiger partial charge in [-0.15, -0.1) is 0 Å². The predicted octanol–water partition coefficient (Wildman–Crippen LogP) is 1.02. The summed E-state index contributed by atoms with van der Waals surface area (Å²) in [7, 11) is 1.58. The summed E-state index contributed by atoms with van der Waals surface area (Å²) < 4.78 is 5.18. The summed E-state index contributed by atoms with van der Waals surface area (Å²) in [5.41, 5.74) is 0.876. The van der Waals surface area contributed by atoms with Crippen LogP contribution in [0.2, 0.25) is 0 Å². The van der Waals surface area contributed by atoms with Crippen molar-refractivity contribution in [2.75, 3.05) is 20.2 Å². The molecule has 0 radical (unpaired) electrons. The van der Waals surface area contributed by atoms with E-state index in [0.29, 0.717) is 18.8 Å². The molecule has 0 fully saturated rings. The van der Waals surface area contributed by atoms with Gasteiger partial charge in [0.2, 0.25) is 5.91 Å². The van der Waals surface area contributed by atoms with Crippen molar-refractivity contribution in [1.82, 2.24) is 16.0 Å². The number of ether oxygens (including phenoxy) is 1. The summed E-state index contributed by atoms with van der Waals surface area (Å²) in [4.78, 5) is 22.9. The number of nitrogens with one attached hydrogen (secondary N) is 3. The van der Waals surface area contributed by atoms with Gasteiger partial charge >= 0.3 is 6.03 Å². The Labute approximate surface area is 118 Å². The zero-order valence-electron chi connectivity index (χ0n) is 11.9. The SMILES string of the molecule is CCCNC(=O)CNC(=O)NCc1ccccc1OC. The molecule has 0 unspecified atom stereocenters. The highest BCUT2D eigenvalue weighted by Gasteiger charge is 2.06. The van der Waals surface area contributed by atoms with E-state index in [-0.39, 0.29) is 18.5 Å². The first kappa shape index (κ1) is 15.8. The highest BCUT2D eigenvalue weighted by atomic mass is 16.5. The zero-order chi connectivity index (χ0) is 14.8. The minimum atomic E-state index is -0.387. The highest BCUT2D eigenvalue weighted by Crippen LogP contribution is 2.16. The highest BCUT2D eigenvalue weighted by molar-refractivity contribution is 5.83. The van der Waals surface area contributed by atoms with Crippen LogP contribution in [-0.2, 0) is 11.3 Å². The standard InChI is InChI=1S/C14H21N3O3/c1-3-8-15-13(18)10-17-14(19)16-9-11-6-4-5-7-12(11)20-2/h4-7H,3,8-10H2,1-2H3,(H,15,18)(H2,16,17,19). The second kappa shape index (κ2) is 8.79. The fraction of sp³-hybridized carbons (Fsp3) is 0.429. The molecule has 1 aromatic carbocycles. The third-order valence-electron chi connectivity index (χ3n) is 2.61. The quantitative estimate of drug-likeness (QED) is 0.697. The van der Waals surface area contributed by atoms with Gasteiger partial charge in [0, 0.05) is 18.7 Å². The van der Waals surface area contributed by atoms with Crippen molar-refractivity contribution in [3.63, 3.8) is 0 Å². The van der Waals surface area contributed by atoms with Crippen molar-refractivity contribution < 1.29 is 14.3 Å². The molecule has 0 saturated carbocycles. The third-order valence-corrected chi connectivity index (χ3v) is 2.61. The first-order chi connectivity index (χ1) is 9.67. The van der Waals surface area contributed by atoms with E-state index in [1.54, 1.807) is 7.11 Å². The van der Waals surface area contributed by atoms with Gasteiger partial charge < -0.3 is 20.7 Å². The summed E-state index contributed by atoms with van der Waals surface area (Å²) in [5.74, 6) is 0.521. The van der Waals surface area contributed by atoms with E-state index in [0.717, 1.165) is 12.0 Å². The van der Waals surface area contributed by atoms with Crippen LogP contribution in [0.3, 0.4) is 0 Å². The van der Waals surface area contributed by atoms with Gasteiger partial charge in [0.05, 0.1) is 13.7 Å². The number of carbonyl (C=O) groups excluding carboxylic acids is 2. The molecule has 3 amide bonds. The minimum Gasteiger partial charge on any atom is -0.496 e. The molecule has 3 N–H and O–H groups in total. The molecule has 0 aliphatic carbocycles. The van der Waals surface area contributed by atoms with Crippen LogP contribution in [0.15, 0.2) is 24.3 Å². The van der Waals surface area contributed by atoms with Crippen LogP contribution in [0.1, 0.15) is 18.9 Å². The first-order valence-electron chi connectivity index (χ1n) is 6.57. The molecule has 0 aliphatic heterocycles. The van der Waals surface area contributed by atoms with Crippen LogP contribution < -0.4 is 20.7 Å².